The molecule has 86 valence electrons. The van der Waals surface area contributed by atoms with Crippen molar-refractivity contribution in [3.05, 3.63) is 0 Å². The Kier molecular flexibility index (Phi) is 2.53. The first-order valence-corrected chi connectivity index (χ1v) is 5.91. The van der Waals surface area contributed by atoms with Gasteiger partial charge in [-0.3, -0.25) is 4.79 Å². The van der Waals surface area contributed by atoms with Gasteiger partial charge in [0, 0.05) is 0 Å². The van der Waals surface area contributed by atoms with Gasteiger partial charge in [0.15, 0.2) is 0 Å². The Labute approximate surface area is 91.0 Å². The minimum atomic E-state index is -0.693. The second-order valence-corrected chi connectivity index (χ2v) is 5.73. The fourth-order valence-corrected chi connectivity index (χ4v) is 3.88. The van der Waals surface area contributed by atoms with Gasteiger partial charge in [0.2, 0.25) is 0 Å². The molecule has 5 atom stereocenters. The molecular weight excluding hydrogens is 190 g/mol. The molecule has 0 aromatic carbocycles. The molecule has 3 heteroatoms. The summed E-state index contributed by atoms with van der Waals surface area (Å²) in [5.74, 6) is 2.31. The molecule has 0 heterocycles. The van der Waals surface area contributed by atoms with E-state index in [0.29, 0.717) is 6.54 Å². The standard InChI is InChI=1S/C12H21NO2/c1-7-8(2)10-4-12(6-13,3-9(7)10)5-11(14)15/h7-10H,3-6,13H2,1-2H3,(H,14,15)/t7-,8+,9+,10-,12?. The average Bonchev–Trinajstić information content (AvgIpc) is 2.53. The smallest absolute Gasteiger partial charge is 0.303 e. The molecule has 0 bridgehead atoms. The summed E-state index contributed by atoms with van der Waals surface area (Å²) < 4.78 is 0. The number of carboxylic acids is 1. The number of carbonyl (C=O) groups is 1. The Bertz CT molecular complexity index is 261. The van der Waals surface area contributed by atoms with E-state index >= 15 is 0 Å². The number of carboxylic acid groups (broad SMARTS) is 1. The van der Waals surface area contributed by atoms with E-state index in [-0.39, 0.29) is 11.8 Å². The molecule has 2 aliphatic rings. The van der Waals surface area contributed by atoms with Gasteiger partial charge in [-0.15, -0.1) is 0 Å². The van der Waals surface area contributed by atoms with Crippen molar-refractivity contribution in [1.82, 2.24) is 0 Å². The zero-order valence-corrected chi connectivity index (χ0v) is 9.57. The fraction of sp³-hybridized carbons (Fsp3) is 0.917. The molecule has 3 N–H and O–H groups in total. The molecule has 0 spiro atoms. The molecule has 1 unspecified atom stereocenters. The second kappa shape index (κ2) is 3.48. The zero-order valence-electron chi connectivity index (χ0n) is 9.57. The lowest BCUT2D eigenvalue weighted by Gasteiger charge is -2.45. The highest BCUT2D eigenvalue weighted by Gasteiger charge is 2.56. The molecular formula is C12H21NO2. The summed E-state index contributed by atoms with van der Waals surface area (Å²) in [6, 6.07) is 0. The highest BCUT2D eigenvalue weighted by Crippen LogP contribution is 2.61. The summed E-state index contributed by atoms with van der Waals surface area (Å²) in [4.78, 5) is 10.9. The molecule has 2 rings (SSSR count). The van der Waals surface area contributed by atoms with Crippen LogP contribution in [0.4, 0.5) is 0 Å². The van der Waals surface area contributed by atoms with Crippen LogP contribution in [0, 0.1) is 29.1 Å². The van der Waals surface area contributed by atoms with Crippen molar-refractivity contribution in [1.29, 1.82) is 0 Å². The van der Waals surface area contributed by atoms with Gasteiger partial charge in [0.25, 0.3) is 0 Å². The molecule has 0 aliphatic heterocycles. The van der Waals surface area contributed by atoms with Crippen molar-refractivity contribution in [3.63, 3.8) is 0 Å². The first-order chi connectivity index (χ1) is 6.99. The van der Waals surface area contributed by atoms with Crippen LogP contribution in [0.25, 0.3) is 0 Å². The molecule has 0 saturated heterocycles. The Morgan fingerprint density at radius 2 is 1.80 bits per heavy atom. The van der Waals surface area contributed by atoms with E-state index in [0.717, 1.165) is 36.5 Å². The Morgan fingerprint density at radius 3 is 2.13 bits per heavy atom. The molecule has 15 heavy (non-hydrogen) atoms. The number of rotatable bonds is 3. The quantitative estimate of drug-likeness (QED) is 0.747. The molecule has 0 aromatic heterocycles. The molecule has 3 nitrogen and oxygen atoms in total. The van der Waals surface area contributed by atoms with Crippen molar-refractivity contribution >= 4 is 5.97 Å². The van der Waals surface area contributed by atoms with Gasteiger partial charge in [-0.05, 0) is 48.5 Å². The highest BCUT2D eigenvalue weighted by atomic mass is 16.4. The van der Waals surface area contributed by atoms with Crippen molar-refractivity contribution in [2.75, 3.05) is 6.54 Å². The zero-order chi connectivity index (χ0) is 11.2. The Hall–Kier alpha value is -0.570. The number of fused-ring (bicyclic) bond motifs is 1. The maximum Gasteiger partial charge on any atom is 0.303 e. The largest absolute Gasteiger partial charge is 0.481 e. The lowest BCUT2D eigenvalue weighted by molar-refractivity contribution is -0.139. The molecule has 2 fully saturated rings. The third-order valence-corrected chi connectivity index (χ3v) is 5.03. The van der Waals surface area contributed by atoms with Crippen LogP contribution in [0.1, 0.15) is 33.1 Å². The number of hydrogen-bond acceptors (Lipinski definition) is 2. The Morgan fingerprint density at radius 1 is 1.33 bits per heavy atom. The topological polar surface area (TPSA) is 63.3 Å². The third kappa shape index (κ3) is 1.57. The summed E-state index contributed by atoms with van der Waals surface area (Å²) in [7, 11) is 0. The van der Waals surface area contributed by atoms with E-state index in [2.05, 4.69) is 13.8 Å². The summed E-state index contributed by atoms with van der Waals surface area (Å²) in [5.41, 5.74) is 5.70. The van der Waals surface area contributed by atoms with Crippen molar-refractivity contribution < 1.29 is 9.90 Å². The van der Waals surface area contributed by atoms with E-state index < -0.39 is 5.97 Å². The van der Waals surface area contributed by atoms with Crippen LogP contribution in [0.15, 0.2) is 0 Å². The summed E-state index contributed by atoms with van der Waals surface area (Å²) in [5, 5.41) is 8.94. The molecule has 2 saturated carbocycles. The second-order valence-electron chi connectivity index (χ2n) is 5.73. The van der Waals surface area contributed by atoms with Gasteiger partial charge in [-0.25, -0.2) is 0 Å². The minimum absolute atomic E-state index is 0.0970. The Balaban J connectivity index is 2.08. The van der Waals surface area contributed by atoms with E-state index in [1.807, 2.05) is 0 Å². The minimum Gasteiger partial charge on any atom is -0.481 e. The number of hydrogen-bond donors (Lipinski definition) is 2. The lowest BCUT2D eigenvalue weighted by atomic mass is 9.60. The van der Waals surface area contributed by atoms with Gasteiger partial charge in [0.1, 0.15) is 0 Å². The molecule has 0 amide bonds. The van der Waals surface area contributed by atoms with Crippen LogP contribution in [0.2, 0.25) is 0 Å². The van der Waals surface area contributed by atoms with E-state index in [4.69, 9.17) is 10.8 Å². The maximum atomic E-state index is 10.9. The SMILES string of the molecule is C[C@@H]1[C@H](C)[C@H]2CC(CN)(CC(=O)O)C[C@@H]12. The normalized spacial score (nSPS) is 48.5. The van der Waals surface area contributed by atoms with Gasteiger partial charge in [-0.2, -0.15) is 0 Å². The molecule has 0 radical (unpaired) electrons. The van der Waals surface area contributed by atoms with Gasteiger partial charge >= 0.3 is 5.97 Å². The predicted molar refractivity (Wildman–Crippen MR) is 58.3 cm³/mol. The van der Waals surface area contributed by atoms with E-state index in [9.17, 15) is 4.79 Å². The molecule has 0 aromatic rings. The van der Waals surface area contributed by atoms with E-state index in [1.165, 1.54) is 0 Å². The number of nitrogens with two attached hydrogens (primary N) is 1. The number of aliphatic carboxylic acids is 1. The van der Waals surface area contributed by atoms with Crippen LogP contribution in [-0.2, 0) is 4.79 Å². The monoisotopic (exact) mass is 211 g/mol. The summed E-state index contributed by atoms with van der Waals surface area (Å²) in [6.07, 6.45) is 2.33. The first kappa shape index (κ1) is 10.9. The van der Waals surface area contributed by atoms with Crippen LogP contribution in [0.3, 0.4) is 0 Å². The fourth-order valence-electron chi connectivity index (χ4n) is 3.88. The maximum absolute atomic E-state index is 10.9. The summed E-state index contributed by atoms with van der Waals surface area (Å²) >= 11 is 0. The first-order valence-electron chi connectivity index (χ1n) is 5.91. The van der Waals surface area contributed by atoms with Crippen LogP contribution >= 0.6 is 0 Å². The summed E-state index contributed by atoms with van der Waals surface area (Å²) in [6.45, 7) is 5.12. The van der Waals surface area contributed by atoms with Gasteiger partial charge in [0.05, 0.1) is 6.42 Å². The third-order valence-electron chi connectivity index (χ3n) is 5.03. The molecule has 2 aliphatic carbocycles. The van der Waals surface area contributed by atoms with Crippen LogP contribution < -0.4 is 5.73 Å². The van der Waals surface area contributed by atoms with Gasteiger partial charge < -0.3 is 10.8 Å². The van der Waals surface area contributed by atoms with Crippen molar-refractivity contribution in [2.24, 2.45) is 34.8 Å². The van der Waals surface area contributed by atoms with Crippen molar-refractivity contribution in [2.45, 2.75) is 33.1 Å². The van der Waals surface area contributed by atoms with Gasteiger partial charge in [-0.1, -0.05) is 13.8 Å². The van der Waals surface area contributed by atoms with E-state index in [1.54, 1.807) is 0 Å². The average molecular weight is 211 g/mol. The van der Waals surface area contributed by atoms with Crippen LogP contribution in [0.5, 0.6) is 0 Å². The lowest BCUT2D eigenvalue weighted by Crippen LogP contribution is -2.39. The van der Waals surface area contributed by atoms with Crippen molar-refractivity contribution in [3.8, 4) is 0 Å². The highest BCUT2D eigenvalue weighted by molar-refractivity contribution is 5.67. The van der Waals surface area contributed by atoms with Crippen LogP contribution in [-0.4, -0.2) is 17.6 Å². The predicted octanol–water partition coefficient (Wildman–Crippen LogP) is 1.72.